The normalized spacial score (nSPS) is 13.2. The highest BCUT2D eigenvalue weighted by Crippen LogP contribution is 1.95. The largest absolute Gasteiger partial charge is 0.411 e. The van der Waals surface area contributed by atoms with Crippen LogP contribution in [0, 0.1) is 0 Å². The molecule has 0 spiro atoms. The Labute approximate surface area is 73.5 Å². The molecule has 0 saturated heterocycles. The van der Waals surface area contributed by atoms with Crippen molar-refractivity contribution in [2.45, 2.75) is 26.7 Å². The smallest absolute Gasteiger partial charge is 0.100 e. The maximum Gasteiger partial charge on any atom is 0.100 e. The monoisotopic (exact) mass is 168 g/mol. The first kappa shape index (κ1) is 10.9. The Morgan fingerprint density at radius 3 is 2.25 bits per heavy atom. The van der Waals surface area contributed by atoms with Crippen LogP contribution in [0.5, 0.6) is 0 Å². The number of hydrogen-bond donors (Lipinski definition) is 1. The van der Waals surface area contributed by atoms with E-state index in [-0.39, 0.29) is 0 Å². The van der Waals surface area contributed by atoms with Crippen LogP contribution in [0.4, 0.5) is 0 Å². The first-order valence-electron chi connectivity index (χ1n) is 4.15. The van der Waals surface area contributed by atoms with Crippen molar-refractivity contribution < 1.29 is 5.21 Å². The molecule has 0 radical (unpaired) electrons. The first-order valence-corrected chi connectivity index (χ1v) is 4.15. The molecule has 3 nitrogen and oxygen atoms in total. The van der Waals surface area contributed by atoms with Crippen LogP contribution in [0.3, 0.4) is 0 Å². The molecule has 12 heavy (non-hydrogen) atoms. The number of aliphatic imine (C=N–C) groups is 1. The van der Waals surface area contributed by atoms with E-state index in [1.165, 1.54) is 0 Å². The highest BCUT2D eigenvalue weighted by Gasteiger charge is 2.03. The van der Waals surface area contributed by atoms with E-state index in [1.807, 2.05) is 13.8 Å². The van der Waals surface area contributed by atoms with E-state index in [9.17, 15) is 0 Å². The zero-order valence-corrected chi connectivity index (χ0v) is 7.75. The summed E-state index contributed by atoms with van der Waals surface area (Å²) in [6.07, 6.45) is 3.22. The molecule has 0 saturated carbocycles. The van der Waals surface area contributed by atoms with E-state index < -0.39 is 0 Å². The number of rotatable bonds is 5. The van der Waals surface area contributed by atoms with Gasteiger partial charge in [-0.15, -0.1) is 6.58 Å². The third kappa shape index (κ3) is 3.32. The SMILES string of the molecule is C=CCN=C(CC)/C(CC)=N/O. The standard InChI is InChI=1S/C9H16N2O/c1-4-7-10-8(5-2)9(6-3)11-12/h4,12H,1,5-7H2,2-3H3/b10-8?,11-9+. The van der Waals surface area contributed by atoms with Gasteiger partial charge in [-0.25, -0.2) is 0 Å². The molecule has 1 N–H and O–H groups in total. The Balaban J connectivity index is 4.41. The Bertz CT molecular complexity index is 195. The summed E-state index contributed by atoms with van der Waals surface area (Å²) in [5.41, 5.74) is 1.53. The highest BCUT2D eigenvalue weighted by atomic mass is 16.4. The summed E-state index contributed by atoms with van der Waals surface area (Å²) in [5.74, 6) is 0. The average molecular weight is 168 g/mol. The zero-order chi connectivity index (χ0) is 9.40. The lowest BCUT2D eigenvalue weighted by atomic mass is 10.1. The summed E-state index contributed by atoms with van der Waals surface area (Å²) in [5, 5.41) is 11.8. The molecule has 0 rings (SSSR count). The van der Waals surface area contributed by atoms with E-state index in [2.05, 4.69) is 16.7 Å². The van der Waals surface area contributed by atoms with E-state index >= 15 is 0 Å². The lowest BCUT2D eigenvalue weighted by Crippen LogP contribution is -2.12. The predicted octanol–water partition coefficient (Wildman–Crippen LogP) is 2.26. The minimum absolute atomic E-state index is 0.586. The van der Waals surface area contributed by atoms with Crippen LogP contribution in [0.25, 0.3) is 0 Å². The maximum absolute atomic E-state index is 8.61. The van der Waals surface area contributed by atoms with Crippen molar-refractivity contribution in [3.8, 4) is 0 Å². The quantitative estimate of drug-likeness (QED) is 0.291. The van der Waals surface area contributed by atoms with E-state index in [1.54, 1.807) is 6.08 Å². The summed E-state index contributed by atoms with van der Waals surface area (Å²) in [7, 11) is 0. The fraction of sp³-hybridized carbons (Fsp3) is 0.556. The van der Waals surface area contributed by atoms with Gasteiger partial charge in [0.2, 0.25) is 0 Å². The van der Waals surface area contributed by atoms with Crippen LogP contribution < -0.4 is 0 Å². The average Bonchev–Trinajstić information content (AvgIpc) is 2.12. The molecule has 0 bridgehead atoms. The van der Waals surface area contributed by atoms with Crippen molar-refractivity contribution in [2.24, 2.45) is 10.1 Å². The second-order valence-electron chi connectivity index (χ2n) is 2.33. The molecule has 0 amide bonds. The minimum Gasteiger partial charge on any atom is -0.411 e. The van der Waals surface area contributed by atoms with Gasteiger partial charge in [-0.3, -0.25) is 4.99 Å². The molecule has 0 aromatic carbocycles. The van der Waals surface area contributed by atoms with Crippen LogP contribution in [0.1, 0.15) is 26.7 Å². The van der Waals surface area contributed by atoms with Gasteiger partial charge in [0, 0.05) is 0 Å². The van der Waals surface area contributed by atoms with E-state index in [0.29, 0.717) is 18.7 Å². The predicted molar refractivity (Wildman–Crippen MR) is 52.3 cm³/mol. The van der Waals surface area contributed by atoms with Crippen molar-refractivity contribution in [3.05, 3.63) is 12.7 Å². The fourth-order valence-electron chi connectivity index (χ4n) is 0.914. The topological polar surface area (TPSA) is 45.0 Å². The van der Waals surface area contributed by atoms with Gasteiger partial charge in [-0.2, -0.15) is 0 Å². The van der Waals surface area contributed by atoms with Gasteiger partial charge in [-0.05, 0) is 12.8 Å². The summed E-state index contributed by atoms with van der Waals surface area (Å²) in [4.78, 5) is 4.21. The van der Waals surface area contributed by atoms with Crippen molar-refractivity contribution in [1.29, 1.82) is 0 Å². The Kier molecular flexibility index (Phi) is 5.97. The molecular formula is C9H16N2O. The molecule has 0 aromatic rings. The summed E-state index contributed by atoms with van der Waals surface area (Å²) < 4.78 is 0. The van der Waals surface area contributed by atoms with Crippen molar-refractivity contribution >= 4 is 11.4 Å². The van der Waals surface area contributed by atoms with Crippen LogP contribution >= 0.6 is 0 Å². The number of nitrogens with zero attached hydrogens (tertiary/aromatic N) is 2. The maximum atomic E-state index is 8.61. The molecule has 0 unspecified atom stereocenters. The third-order valence-electron chi connectivity index (χ3n) is 1.53. The van der Waals surface area contributed by atoms with Crippen molar-refractivity contribution in [1.82, 2.24) is 0 Å². The third-order valence-corrected chi connectivity index (χ3v) is 1.53. The van der Waals surface area contributed by atoms with Crippen molar-refractivity contribution in [3.63, 3.8) is 0 Å². The van der Waals surface area contributed by atoms with Crippen LogP contribution in [0.2, 0.25) is 0 Å². The summed E-state index contributed by atoms with van der Waals surface area (Å²) in [6.45, 7) is 8.08. The second kappa shape index (κ2) is 6.58. The van der Waals surface area contributed by atoms with Gasteiger partial charge >= 0.3 is 0 Å². The molecule has 0 aromatic heterocycles. The molecule has 3 heteroatoms. The Morgan fingerprint density at radius 2 is 1.92 bits per heavy atom. The molecule has 0 aliphatic rings. The molecule has 0 heterocycles. The molecule has 0 fully saturated rings. The van der Waals surface area contributed by atoms with E-state index in [4.69, 9.17) is 5.21 Å². The van der Waals surface area contributed by atoms with Crippen molar-refractivity contribution in [2.75, 3.05) is 6.54 Å². The van der Waals surface area contributed by atoms with Crippen LogP contribution in [-0.4, -0.2) is 23.2 Å². The van der Waals surface area contributed by atoms with Gasteiger partial charge < -0.3 is 5.21 Å². The highest BCUT2D eigenvalue weighted by molar-refractivity contribution is 6.42. The van der Waals surface area contributed by atoms with Gasteiger partial charge in [-0.1, -0.05) is 25.1 Å². The molecule has 68 valence electrons. The van der Waals surface area contributed by atoms with Crippen LogP contribution in [-0.2, 0) is 0 Å². The van der Waals surface area contributed by atoms with Gasteiger partial charge in [0.05, 0.1) is 12.3 Å². The summed E-state index contributed by atoms with van der Waals surface area (Å²) in [6, 6.07) is 0. The molecule has 0 aliphatic carbocycles. The first-order chi connectivity index (χ1) is 5.79. The Morgan fingerprint density at radius 1 is 1.33 bits per heavy atom. The van der Waals surface area contributed by atoms with Gasteiger partial charge in [0.1, 0.15) is 5.71 Å². The number of hydrogen-bond acceptors (Lipinski definition) is 3. The minimum atomic E-state index is 0.586. The lowest BCUT2D eigenvalue weighted by Gasteiger charge is -2.02. The Hall–Kier alpha value is -1.12. The fourth-order valence-corrected chi connectivity index (χ4v) is 0.914. The zero-order valence-electron chi connectivity index (χ0n) is 7.75. The number of oxime groups is 1. The van der Waals surface area contributed by atoms with E-state index in [0.717, 1.165) is 12.1 Å². The summed E-state index contributed by atoms with van der Waals surface area (Å²) >= 11 is 0. The lowest BCUT2D eigenvalue weighted by molar-refractivity contribution is 0.319. The second-order valence-corrected chi connectivity index (χ2v) is 2.33. The van der Waals surface area contributed by atoms with Crippen LogP contribution in [0.15, 0.2) is 22.8 Å². The van der Waals surface area contributed by atoms with Gasteiger partial charge in [0.15, 0.2) is 0 Å². The molecule has 0 atom stereocenters. The molecular weight excluding hydrogens is 152 g/mol. The molecule has 0 aliphatic heterocycles. The van der Waals surface area contributed by atoms with Gasteiger partial charge in [0.25, 0.3) is 0 Å².